The summed E-state index contributed by atoms with van der Waals surface area (Å²) in [4.78, 5) is 12.5. The van der Waals surface area contributed by atoms with Gasteiger partial charge in [0.15, 0.2) is 0 Å². The smallest absolute Gasteiger partial charge is 0.248 e. The molecule has 1 amide bonds. The molecule has 2 aromatic carbocycles. The van der Waals surface area contributed by atoms with Crippen molar-refractivity contribution < 1.29 is 27.4 Å². The van der Waals surface area contributed by atoms with Gasteiger partial charge in [-0.3, -0.25) is 4.79 Å². The van der Waals surface area contributed by atoms with E-state index in [1.54, 1.807) is 24.3 Å². The van der Waals surface area contributed by atoms with Crippen molar-refractivity contribution in [1.29, 1.82) is 0 Å². The van der Waals surface area contributed by atoms with Crippen LogP contribution in [0.4, 0.5) is 5.69 Å². The molecule has 1 saturated heterocycles. The van der Waals surface area contributed by atoms with Crippen molar-refractivity contribution in [1.82, 2.24) is 4.31 Å². The van der Waals surface area contributed by atoms with Crippen LogP contribution in [-0.4, -0.2) is 59.2 Å². The molecule has 0 radical (unpaired) electrons. The second kappa shape index (κ2) is 10.4. The second-order valence-corrected chi connectivity index (χ2v) is 9.36. The number of benzene rings is 2. The molecule has 0 saturated carbocycles. The maximum absolute atomic E-state index is 13.1. The van der Waals surface area contributed by atoms with Gasteiger partial charge in [-0.05, 0) is 42.3 Å². The third-order valence-electron chi connectivity index (χ3n) is 4.94. The Balaban J connectivity index is 1.83. The molecule has 10 heteroatoms. The van der Waals surface area contributed by atoms with Crippen LogP contribution >= 0.6 is 11.6 Å². The molecule has 0 bridgehead atoms. The van der Waals surface area contributed by atoms with Crippen LogP contribution in [0, 0.1) is 6.92 Å². The summed E-state index contributed by atoms with van der Waals surface area (Å²) in [7, 11) is -0.866. The Labute approximate surface area is 192 Å². The van der Waals surface area contributed by atoms with Crippen molar-refractivity contribution in [2.24, 2.45) is 0 Å². The van der Waals surface area contributed by atoms with E-state index in [9.17, 15) is 13.2 Å². The lowest BCUT2D eigenvalue weighted by Crippen LogP contribution is -2.40. The number of halogens is 1. The SMILES string of the molecule is COc1cc(Cl)c(C)cc1NC(=O)C=Cc1ccc(OC)c(S(=O)(=O)N2CCOCC2)c1. The Morgan fingerprint density at radius 1 is 1.12 bits per heavy atom. The highest BCUT2D eigenvalue weighted by Crippen LogP contribution is 2.31. The van der Waals surface area contributed by atoms with Crippen molar-refractivity contribution in [3.63, 3.8) is 0 Å². The minimum absolute atomic E-state index is 0.0412. The fourth-order valence-corrected chi connectivity index (χ4v) is 4.95. The first-order valence-electron chi connectivity index (χ1n) is 9.85. The van der Waals surface area contributed by atoms with E-state index in [1.807, 2.05) is 6.92 Å². The zero-order valence-electron chi connectivity index (χ0n) is 18.1. The molecule has 0 unspecified atom stereocenters. The van der Waals surface area contributed by atoms with Crippen molar-refractivity contribution in [2.75, 3.05) is 45.8 Å². The Kier molecular flexibility index (Phi) is 7.78. The first-order chi connectivity index (χ1) is 15.3. The number of anilines is 1. The van der Waals surface area contributed by atoms with Crippen molar-refractivity contribution >= 4 is 39.3 Å². The standard InChI is InChI=1S/C22H25ClN2O6S/c1-15-12-18(20(30-3)14-17(15)23)24-22(26)7-5-16-4-6-19(29-2)21(13-16)32(27,28)25-8-10-31-11-9-25/h4-7,12-14H,8-11H2,1-3H3,(H,24,26). The lowest BCUT2D eigenvalue weighted by molar-refractivity contribution is -0.111. The molecular weight excluding hydrogens is 456 g/mol. The molecule has 1 heterocycles. The summed E-state index contributed by atoms with van der Waals surface area (Å²) in [6, 6.07) is 8.07. The molecule has 1 aliphatic heterocycles. The van der Waals surface area contributed by atoms with E-state index >= 15 is 0 Å². The third-order valence-corrected chi connectivity index (χ3v) is 7.27. The van der Waals surface area contributed by atoms with Crippen molar-refractivity contribution in [3.05, 3.63) is 52.6 Å². The normalized spacial score (nSPS) is 15.0. The number of nitrogens with zero attached hydrogens (tertiary/aromatic N) is 1. The van der Waals surface area contributed by atoms with E-state index < -0.39 is 15.9 Å². The van der Waals surface area contributed by atoms with Gasteiger partial charge < -0.3 is 19.5 Å². The summed E-state index contributed by atoms with van der Waals surface area (Å²) in [5, 5.41) is 3.27. The Morgan fingerprint density at radius 3 is 2.47 bits per heavy atom. The topological polar surface area (TPSA) is 94.2 Å². The summed E-state index contributed by atoms with van der Waals surface area (Å²) >= 11 is 6.10. The number of morpholine rings is 1. The van der Waals surface area contributed by atoms with Crippen LogP contribution in [0.5, 0.6) is 11.5 Å². The Morgan fingerprint density at radius 2 is 1.81 bits per heavy atom. The highest BCUT2D eigenvalue weighted by molar-refractivity contribution is 7.89. The number of methoxy groups -OCH3 is 2. The number of aryl methyl sites for hydroxylation is 1. The molecule has 8 nitrogen and oxygen atoms in total. The Hall–Kier alpha value is -2.59. The fraction of sp³-hybridized carbons (Fsp3) is 0.318. The highest BCUT2D eigenvalue weighted by Gasteiger charge is 2.29. The van der Waals surface area contributed by atoms with Crippen molar-refractivity contribution in [2.45, 2.75) is 11.8 Å². The van der Waals surface area contributed by atoms with Crippen molar-refractivity contribution in [3.8, 4) is 11.5 Å². The first-order valence-corrected chi connectivity index (χ1v) is 11.7. The summed E-state index contributed by atoms with van der Waals surface area (Å²) in [5.41, 5.74) is 1.81. The number of carbonyl (C=O) groups is 1. The van der Waals surface area contributed by atoms with Gasteiger partial charge in [-0.1, -0.05) is 17.7 Å². The molecule has 1 N–H and O–H groups in total. The lowest BCUT2D eigenvalue weighted by Gasteiger charge is -2.26. The van der Waals surface area contributed by atoms with Gasteiger partial charge in [0.2, 0.25) is 15.9 Å². The van der Waals surface area contributed by atoms with Gasteiger partial charge in [-0.2, -0.15) is 4.31 Å². The molecule has 0 spiro atoms. The van der Waals surface area contributed by atoms with Gasteiger partial charge in [-0.25, -0.2) is 8.42 Å². The zero-order chi connectivity index (χ0) is 23.3. The van der Waals surface area contributed by atoms with E-state index in [-0.39, 0.29) is 23.7 Å². The van der Waals surface area contributed by atoms with Gasteiger partial charge in [0.05, 0.1) is 33.1 Å². The van der Waals surface area contributed by atoms with Crippen LogP contribution in [-0.2, 0) is 19.6 Å². The van der Waals surface area contributed by atoms with Gasteiger partial charge >= 0.3 is 0 Å². The fourth-order valence-electron chi connectivity index (χ4n) is 3.20. The van der Waals surface area contributed by atoms with E-state index in [2.05, 4.69) is 5.32 Å². The second-order valence-electron chi connectivity index (χ2n) is 7.05. The van der Waals surface area contributed by atoms with Gasteiger partial charge in [0.25, 0.3) is 0 Å². The highest BCUT2D eigenvalue weighted by atomic mass is 35.5. The summed E-state index contributed by atoms with van der Waals surface area (Å²) in [5.74, 6) is 0.267. The average molecular weight is 481 g/mol. The van der Waals surface area contributed by atoms with E-state index in [1.165, 1.54) is 36.7 Å². The maximum atomic E-state index is 13.1. The van der Waals surface area contributed by atoms with Crippen LogP contribution in [0.25, 0.3) is 6.08 Å². The number of sulfonamides is 1. The number of amides is 1. The molecule has 0 aromatic heterocycles. The number of nitrogens with one attached hydrogen (secondary N) is 1. The van der Waals surface area contributed by atoms with Gasteiger partial charge in [-0.15, -0.1) is 0 Å². The molecule has 0 atom stereocenters. The van der Waals surface area contributed by atoms with Gasteiger partial charge in [0, 0.05) is 30.3 Å². The monoisotopic (exact) mass is 480 g/mol. The molecule has 1 fully saturated rings. The van der Waals surface area contributed by atoms with Crippen LogP contribution < -0.4 is 14.8 Å². The molecule has 172 valence electrons. The number of carbonyl (C=O) groups excluding carboxylic acids is 1. The lowest BCUT2D eigenvalue weighted by atomic mass is 10.2. The van der Waals surface area contributed by atoms with Crippen LogP contribution in [0.1, 0.15) is 11.1 Å². The summed E-state index contributed by atoms with van der Waals surface area (Å²) in [6.45, 7) is 3.05. The predicted octanol–water partition coefficient (Wildman–Crippen LogP) is 3.34. The molecule has 0 aliphatic carbocycles. The summed E-state index contributed by atoms with van der Waals surface area (Å²) < 4.78 is 43.3. The quantitative estimate of drug-likeness (QED) is 0.611. The zero-order valence-corrected chi connectivity index (χ0v) is 19.6. The third kappa shape index (κ3) is 5.42. The number of hydrogen-bond acceptors (Lipinski definition) is 6. The number of hydrogen-bond donors (Lipinski definition) is 1. The van der Waals surface area contributed by atoms with Crippen LogP contribution in [0.3, 0.4) is 0 Å². The number of ether oxygens (including phenoxy) is 3. The predicted molar refractivity (Wildman–Crippen MR) is 123 cm³/mol. The average Bonchev–Trinajstić information content (AvgIpc) is 2.80. The molecule has 32 heavy (non-hydrogen) atoms. The van der Waals surface area contributed by atoms with E-state index in [4.69, 9.17) is 25.8 Å². The van der Waals surface area contributed by atoms with E-state index in [0.29, 0.717) is 35.2 Å². The molecule has 3 rings (SSSR count). The molecular formula is C22H25ClN2O6S. The molecule has 1 aliphatic rings. The minimum atomic E-state index is -3.77. The van der Waals surface area contributed by atoms with Gasteiger partial charge in [0.1, 0.15) is 16.4 Å². The summed E-state index contributed by atoms with van der Waals surface area (Å²) in [6.07, 6.45) is 2.85. The maximum Gasteiger partial charge on any atom is 0.248 e. The van der Waals surface area contributed by atoms with Crippen LogP contribution in [0.15, 0.2) is 41.3 Å². The number of rotatable bonds is 7. The molecule has 2 aromatic rings. The largest absolute Gasteiger partial charge is 0.495 e. The first kappa shape index (κ1) is 24.1. The van der Waals surface area contributed by atoms with Crippen LogP contribution in [0.2, 0.25) is 5.02 Å². The minimum Gasteiger partial charge on any atom is -0.495 e. The van der Waals surface area contributed by atoms with E-state index in [0.717, 1.165) is 5.56 Å². The Bertz CT molecular complexity index is 1130.